The summed E-state index contributed by atoms with van der Waals surface area (Å²) >= 11 is 0. The van der Waals surface area contributed by atoms with Crippen molar-refractivity contribution in [2.75, 3.05) is 40.9 Å². The molecule has 9 nitrogen and oxygen atoms in total. The van der Waals surface area contributed by atoms with Gasteiger partial charge in [-0.05, 0) is 109 Å². The van der Waals surface area contributed by atoms with Crippen molar-refractivity contribution >= 4 is 19.7 Å². The summed E-state index contributed by atoms with van der Waals surface area (Å²) in [6, 6.07) is -0.862. The summed E-state index contributed by atoms with van der Waals surface area (Å²) in [5.74, 6) is -0.527. The molecule has 0 rings (SSSR count). The zero-order valence-electron chi connectivity index (χ0n) is 52.5. The van der Waals surface area contributed by atoms with Gasteiger partial charge in [0.2, 0.25) is 5.91 Å². The number of nitrogens with zero attached hydrogens (tertiary/aromatic N) is 1. The Morgan fingerprint density at radius 1 is 0.450 bits per heavy atom. The summed E-state index contributed by atoms with van der Waals surface area (Å²) in [5.41, 5.74) is 0. The predicted octanol–water partition coefficient (Wildman–Crippen LogP) is 20.5. The number of quaternary nitrogens is 1. The largest absolute Gasteiger partial charge is 0.472 e. The summed E-state index contributed by atoms with van der Waals surface area (Å²) in [6.45, 7) is 6.78. The van der Waals surface area contributed by atoms with E-state index in [1.165, 1.54) is 103 Å². The lowest BCUT2D eigenvalue weighted by Crippen LogP contribution is -2.47. The van der Waals surface area contributed by atoms with E-state index in [4.69, 9.17) is 13.8 Å². The highest BCUT2D eigenvalue weighted by molar-refractivity contribution is 7.47. The number of hydrogen-bond acceptors (Lipinski definition) is 6. The number of phosphoric acid groups is 1. The summed E-state index contributed by atoms with van der Waals surface area (Å²) in [7, 11) is 1.47. The molecule has 0 saturated heterocycles. The van der Waals surface area contributed by atoms with E-state index in [0.29, 0.717) is 17.4 Å². The van der Waals surface area contributed by atoms with Crippen LogP contribution in [0.3, 0.4) is 0 Å². The van der Waals surface area contributed by atoms with Crippen LogP contribution in [0.25, 0.3) is 0 Å². The molecule has 3 atom stereocenters. The quantitative estimate of drug-likeness (QED) is 0.0205. The second kappa shape index (κ2) is 58.9. The number of ether oxygens (including phenoxy) is 1. The number of likely N-dealkylation sites (N-methyl/N-ethyl adjacent to an activating group) is 1. The van der Waals surface area contributed by atoms with E-state index < -0.39 is 20.0 Å². The van der Waals surface area contributed by atoms with Crippen molar-refractivity contribution in [2.24, 2.45) is 0 Å². The molecule has 460 valence electrons. The fourth-order valence-electron chi connectivity index (χ4n) is 8.98. The Hall–Kier alpha value is -3.33. The van der Waals surface area contributed by atoms with Gasteiger partial charge >= 0.3 is 13.8 Å². The molecular weight excluding hydrogens is 1010 g/mol. The van der Waals surface area contributed by atoms with E-state index in [-0.39, 0.29) is 31.5 Å². The first kappa shape index (κ1) is 76.7. The maximum absolute atomic E-state index is 13.5. The number of rotatable bonds is 58. The minimum absolute atomic E-state index is 0.0324. The van der Waals surface area contributed by atoms with Crippen LogP contribution in [0.15, 0.2) is 109 Å². The Bertz CT molecular complexity index is 1740. The number of unbranched alkanes of at least 4 members (excludes halogenated alkanes) is 26. The monoisotopic (exact) mass is 1140 g/mol. The van der Waals surface area contributed by atoms with E-state index in [1.807, 2.05) is 33.3 Å². The lowest BCUT2D eigenvalue weighted by molar-refractivity contribution is -0.870. The zero-order chi connectivity index (χ0) is 58.6. The molecule has 80 heavy (non-hydrogen) atoms. The van der Waals surface area contributed by atoms with Gasteiger partial charge in [0.15, 0.2) is 0 Å². The Morgan fingerprint density at radius 3 is 1.20 bits per heavy atom. The summed E-state index contributed by atoms with van der Waals surface area (Å²) in [5, 5.41) is 3.05. The fourth-order valence-corrected chi connectivity index (χ4v) is 9.72. The van der Waals surface area contributed by atoms with Crippen molar-refractivity contribution in [1.29, 1.82) is 0 Å². The van der Waals surface area contributed by atoms with Gasteiger partial charge in [0, 0.05) is 12.8 Å². The molecule has 0 fully saturated rings. The van der Waals surface area contributed by atoms with Gasteiger partial charge in [-0.2, -0.15) is 0 Å². The molecule has 0 aromatic heterocycles. The van der Waals surface area contributed by atoms with Crippen LogP contribution in [0.1, 0.15) is 271 Å². The predicted molar refractivity (Wildman–Crippen MR) is 346 cm³/mol. The molecule has 0 bridgehead atoms. The number of phosphoric ester groups is 1. The summed E-state index contributed by atoms with van der Waals surface area (Å²) in [6.07, 6.45) is 80.9. The molecule has 0 heterocycles. The first-order valence-electron chi connectivity index (χ1n) is 32.7. The maximum Gasteiger partial charge on any atom is 0.472 e. The first-order chi connectivity index (χ1) is 38.9. The molecule has 0 radical (unpaired) electrons. The number of nitrogens with one attached hydrogen (secondary N) is 1. The lowest BCUT2D eigenvalue weighted by atomic mass is 10.0. The molecule has 3 unspecified atom stereocenters. The SMILES string of the molecule is CC/C=C\C/C=C\C/C=C\C/C=C\C/C=C\C/C=C\CCCCCCCCCCC(=O)OC(/C=C\CCCCCCCCCCCCC)C(COP(=O)(O)OCC[N+](C)(C)C)NC(=O)CCCCCCCCC/C=C/C/C=C/CC. The molecule has 0 aliphatic rings. The molecule has 0 aromatic carbocycles. The van der Waals surface area contributed by atoms with Crippen molar-refractivity contribution in [2.45, 2.75) is 283 Å². The summed E-state index contributed by atoms with van der Waals surface area (Å²) in [4.78, 5) is 37.8. The highest BCUT2D eigenvalue weighted by Gasteiger charge is 2.30. The van der Waals surface area contributed by atoms with Crippen molar-refractivity contribution < 1.29 is 37.3 Å². The van der Waals surface area contributed by atoms with E-state index in [0.717, 1.165) is 135 Å². The number of carbonyl (C=O) groups is 2. The number of hydrogen-bond donors (Lipinski definition) is 2. The highest BCUT2D eigenvalue weighted by Crippen LogP contribution is 2.43. The van der Waals surface area contributed by atoms with Gasteiger partial charge in [0.1, 0.15) is 19.3 Å². The number of carbonyl (C=O) groups excluding carboxylic acids is 2. The average Bonchev–Trinajstić information content (AvgIpc) is 3.42. The van der Waals surface area contributed by atoms with Gasteiger partial charge in [-0.1, -0.05) is 259 Å². The normalized spacial score (nSPS) is 14.3. The molecule has 1 amide bonds. The second-order valence-electron chi connectivity index (χ2n) is 22.9. The molecule has 0 aliphatic carbocycles. The van der Waals surface area contributed by atoms with Crippen molar-refractivity contribution in [3.8, 4) is 0 Å². The molecule has 0 aliphatic heterocycles. The Balaban J connectivity index is 5.16. The Kier molecular flexibility index (Phi) is 56.4. The Morgan fingerprint density at radius 2 is 0.800 bits per heavy atom. The Labute approximate surface area is 493 Å². The van der Waals surface area contributed by atoms with Crippen LogP contribution in [0, 0.1) is 0 Å². The topological polar surface area (TPSA) is 111 Å². The summed E-state index contributed by atoms with van der Waals surface area (Å²) < 4.78 is 30.7. The molecule has 0 spiro atoms. The van der Waals surface area contributed by atoms with E-state index in [2.05, 4.69) is 123 Å². The van der Waals surface area contributed by atoms with Crippen LogP contribution < -0.4 is 5.32 Å². The van der Waals surface area contributed by atoms with Gasteiger partial charge in [-0.25, -0.2) is 4.57 Å². The maximum atomic E-state index is 13.5. The van der Waals surface area contributed by atoms with Crippen molar-refractivity contribution in [3.63, 3.8) is 0 Å². The smallest absolute Gasteiger partial charge is 0.456 e. The number of allylic oxidation sites excluding steroid dienone is 17. The third kappa shape index (κ3) is 59.3. The molecule has 0 aromatic rings. The number of amides is 1. The zero-order valence-corrected chi connectivity index (χ0v) is 53.4. The number of esters is 1. The van der Waals surface area contributed by atoms with Gasteiger partial charge in [-0.3, -0.25) is 18.6 Å². The third-order valence-electron chi connectivity index (χ3n) is 14.0. The highest BCUT2D eigenvalue weighted by atomic mass is 31.2. The van der Waals surface area contributed by atoms with E-state index in [1.54, 1.807) is 0 Å². The van der Waals surface area contributed by atoms with Gasteiger partial charge in [0.05, 0.1) is 33.8 Å². The van der Waals surface area contributed by atoms with E-state index in [9.17, 15) is 19.0 Å². The van der Waals surface area contributed by atoms with Gasteiger partial charge < -0.3 is 19.4 Å². The standard InChI is InChI=1S/C70H123N2O7P/c1-7-10-13-16-19-22-25-28-30-31-32-33-34-35-36-37-38-39-40-41-42-45-48-51-54-57-60-63-70(74)79-68(61-58-55-52-49-46-43-27-24-21-18-15-12-9-3)67(66-78-80(75,76)77-65-64-72(4,5)6)71-69(73)62-59-56-53-50-47-44-29-26-23-20-17-14-11-8-2/h10-11,13-14,19-20,22-23,28,30,32-33,35-36,38-39,58,61,67-68H,7-9,12,15-18,21,24-27,29,31,34,37,40-57,59-60,62-66H2,1-6H3,(H-,71,73,75,76)/p+1/b13-10-,14-11+,22-19-,23-20+,30-28-,33-32-,36-35-,39-38-,61-58-. The third-order valence-corrected chi connectivity index (χ3v) is 14.9. The molecule has 0 saturated carbocycles. The fraction of sp³-hybridized carbons (Fsp3) is 0.714. The lowest BCUT2D eigenvalue weighted by Gasteiger charge is -2.27. The average molecular weight is 1140 g/mol. The first-order valence-corrected chi connectivity index (χ1v) is 34.2. The van der Waals surface area contributed by atoms with Crippen LogP contribution in [0.4, 0.5) is 0 Å². The molecule has 10 heteroatoms. The van der Waals surface area contributed by atoms with Gasteiger partial charge in [0.25, 0.3) is 0 Å². The van der Waals surface area contributed by atoms with Crippen LogP contribution in [0.2, 0.25) is 0 Å². The minimum Gasteiger partial charge on any atom is -0.456 e. The minimum atomic E-state index is -4.46. The van der Waals surface area contributed by atoms with Crippen LogP contribution in [0.5, 0.6) is 0 Å². The van der Waals surface area contributed by atoms with Crippen molar-refractivity contribution in [3.05, 3.63) is 109 Å². The van der Waals surface area contributed by atoms with Crippen molar-refractivity contribution in [1.82, 2.24) is 5.32 Å². The van der Waals surface area contributed by atoms with Crippen LogP contribution >= 0.6 is 7.82 Å². The van der Waals surface area contributed by atoms with Crippen LogP contribution in [-0.2, 0) is 27.9 Å². The molecule has 2 N–H and O–H groups in total. The van der Waals surface area contributed by atoms with E-state index >= 15 is 0 Å². The second-order valence-corrected chi connectivity index (χ2v) is 24.3. The molecular formula is C70H124N2O7P+. The van der Waals surface area contributed by atoms with Crippen LogP contribution in [-0.4, -0.2) is 74.3 Å². The van der Waals surface area contributed by atoms with Gasteiger partial charge in [-0.15, -0.1) is 0 Å².